The number of nitrogens with one attached hydrogen (secondary N) is 2. The number of H-pyrrole nitrogens is 1. The van der Waals surface area contributed by atoms with Gasteiger partial charge >= 0.3 is 5.69 Å². The Hall–Kier alpha value is -3.35. The van der Waals surface area contributed by atoms with Crippen molar-refractivity contribution in [3.63, 3.8) is 0 Å². The molecule has 0 aliphatic heterocycles. The number of aromatic nitrogens is 4. The summed E-state index contributed by atoms with van der Waals surface area (Å²) in [7, 11) is 0. The lowest BCUT2D eigenvalue weighted by atomic mass is 10.1. The number of nitriles is 1. The molecule has 2 N–H and O–H groups in total. The van der Waals surface area contributed by atoms with Crippen LogP contribution in [0.4, 0.5) is 15.8 Å². The fourth-order valence-electron chi connectivity index (χ4n) is 1.54. The first-order valence-corrected chi connectivity index (χ1v) is 5.58. The average molecular weight is 289 g/mol. The second-order valence-electron chi connectivity index (χ2n) is 3.88. The molecule has 2 rings (SSSR count). The number of allylic oxidation sites excluding steroid dienone is 1. The second-order valence-corrected chi connectivity index (χ2v) is 3.88. The molecule has 0 aliphatic rings. The number of benzene rings is 1. The zero-order valence-corrected chi connectivity index (χ0v) is 10.7. The van der Waals surface area contributed by atoms with Crippen molar-refractivity contribution in [2.24, 2.45) is 0 Å². The molecule has 10 heteroatoms. The Balaban J connectivity index is 2.31. The topological polar surface area (TPSA) is 133 Å². The zero-order valence-electron chi connectivity index (χ0n) is 10.7. The number of hydrogen-bond donors (Lipinski definition) is 2. The van der Waals surface area contributed by atoms with E-state index in [1.807, 2.05) is 6.07 Å². The van der Waals surface area contributed by atoms with Crippen molar-refractivity contribution in [1.82, 2.24) is 20.6 Å². The summed E-state index contributed by atoms with van der Waals surface area (Å²) in [6.07, 6.45) is 1.26. The van der Waals surface area contributed by atoms with Crippen LogP contribution < -0.4 is 5.32 Å². The first kappa shape index (κ1) is 14.1. The third-order valence-corrected chi connectivity index (χ3v) is 2.64. The van der Waals surface area contributed by atoms with E-state index >= 15 is 0 Å². The van der Waals surface area contributed by atoms with Crippen LogP contribution in [0.2, 0.25) is 0 Å². The van der Waals surface area contributed by atoms with E-state index in [4.69, 9.17) is 5.26 Å². The normalized spacial score (nSPS) is 11.0. The Labute approximate surface area is 117 Å². The van der Waals surface area contributed by atoms with Crippen molar-refractivity contribution in [2.75, 3.05) is 5.32 Å². The average Bonchev–Trinajstić information content (AvgIpc) is 2.97. The highest BCUT2D eigenvalue weighted by Crippen LogP contribution is 2.26. The molecule has 0 amide bonds. The summed E-state index contributed by atoms with van der Waals surface area (Å²) in [5.74, 6) is -0.860. The first-order chi connectivity index (χ1) is 10.0. The summed E-state index contributed by atoms with van der Waals surface area (Å²) in [6.45, 7) is 1.39. The Morgan fingerprint density at radius 3 is 2.95 bits per heavy atom. The molecule has 1 aromatic heterocycles. The fourth-order valence-corrected chi connectivity index (χ4v) is 1.54. The summed E-state index contributed by atoms with van der Waals surface area (Å²) < 4.78 is 13.8. The number of nitro groups is 1. The van der Waals surface area contributed by atoms with Gasteiger partial charge < -0.3 is 5.32 Å². The van der Waals surface area contributed by atoms with Gasteiger partial charge in [0.15, 0.2) is 0 Å². The number of anilines is 1. The number of aromatic amines is 1. The van der Waals surface area contributed by atoms with Crippen LogP contribution in [0, 0.1) is 34.2 Å². The quantitative estimate of drug-likeness (QED) is 0.495. The lowest BCUT2D eigenvalue weighted by Crippen LogP contribution is -2.00. The van der Waals surface area contributed by atoms with E-state index < -0.39 is 16.4 Å². The molecule has 1 heterocycles. The molecule has 21 heavy (non-hydrogen) atoms. The van der Waals surface area contributed by atoms with E-state index in [0.717, 1.165) is 6.07 Å². The van der Waals surface area contributed by atoms with Crippen LogP contribution in [0.5, 0.6) is 0 Å². The number of halogens is 1. The zero-order chi connectivity index (χ0) is 15.4. The molecule has 0 spiro atoms. The maximum Gasteiger partial charge on any atom is 0.305 e. The predicted octanol–water partition coefficient (Wildman–Crippen LogP) is 1.53. The maximum absolute atomic E-state index is 13.8. The molecule has 9 nitrogen and oxygen atoms in total. The lowest BCUT2D eigenvalue weighted by Gasteiger charge is -2.06. The molecular formula is C11H8FN7O2. The van der Waals surface area contributed by atoms with Gasteiger partial charge in [0.05, 0.1) is 4.92 Å². The van der Waals surface area contributed by atoms with Gasteiger partial charge in [-0.05, 0) is 18.2 Å². The van der Waals surface area contributed by atoms with Gasteiger partial charge in [0.2, 0.25) is 11.6 Å². The van der Waals surface area contributed by atoms with Crippen molar-refractivity contribution in [2.45, 2.75) is 6.92 Å². The minimum atomic E-state index is -0.934. The summed E-state index contributed by atoms with van der Waals surface area (Å²) in [5, 5.41) is 35.1. The first-order valence-electron chi connectivity index (χ1n) is 5.58. The number of rotatable bonds is 4. The standard InChI is InChI=1S/C11H8FN7O2/c1-6-8(2-3-9(10(6)12)19(20)21)14-5-7(4-13)11-15-17-18-16-11/h2-3,5,14H,1H3,(H,15,16,17,18). The molecule has 2 aromatic rings. The molecule has 0 radical (unpaired) electrons. The van der Waals surface area contributed by atoms with Gasteiger partial charge in [0, 0.05) is 23.5 Å². The van der Waals surface area contributed by atoms with Crippen LogP contribution >= 0.6 is 0 Å². The summed E-state index contributed by atoms with van der Waals surface area (Å²) in [6, 6.07) is 4.24. The minimum absolute atomic E-state index is 0.0610. The summed E-state index contributed by atoms with van der Waals surface area (Å²) in [5.41, 5.74) is -0.192. The largest absolute Gasteiger partial charge is 0.360 e. The molecule has 0 fully saturated rings. The van der Waals surface area contributed by atoms with Crippen LogP contribution in [0.25, 0.3) is 5.57 Å². The highest BCUT2D eigenvalue weighted by atomic mass is 19.1. The fraction of sp³-hybridized carbons (Fsp3) is 0.0909. The molecule has 1 aromatic carbocycles. The summed E-state index contributed by atoms with van der Waals surface area (Å²) in [4.78, 5) is 9.81. The lowest BCUT2D eigenvalue weighted by molar-refractivity contribution is -0.387. The van der Waals surface area contributed by atoms with Gasteiger partial charge in [-0.15, -0.1) is 10.2 Å². The van der Waals surface area contributed by atoms with Gasteiger partial charge in [-0.2, -0.15) is 14.9 Å². The van der Waals surface area contributed by atoms with Crippen LogP contribution in [-0.2, 0) is 0 Å². The van der Waals surface area contributed by atoms with Crippen molar-refractivity contribution < 1.29 is 9.31 Å². The molecule has 0 saturated heterocycles. The van der Waals surface area contributed by atoms with Crippen molar-refractivity contribution in [3.05, 3.63) is 45.7 Å². The van der Waals surface area contributed by atoms with Crippen LogP contribution in [-0.4, -0.2) is 25.5 Å². The number of nitrogens with zero attached hydrogens (tertiary/aromatic N) is 5. The number of tetrazole rings is 1. The van der Waals surface area contributed by atoms with Gasteiger partial charge in [-0.25, -0.2) is 0 Å². The van der Waals surface area contributed by atoms with E-state index in [1.54, 1.807) is 0 Å². The monoisotopic (exact) mass is 289 g/mol. The van der Waals surface area contributed by atoms with Gasteiger partial charge in [0.1, 0.15) is 11.6 Å². The highest BCUT2D eigenvalue weighted by molar-refractivity contribution is 5.74. The molecule has 0 saturated carbocycles. The Morgan fingerprint density at radius 2 is 2.38 bits per heavy atom. The van der Waals surface area contributed by atoms with Gasteiger partial charge in [0.25, 0.3) is 0 Å². The molecular weight excluding hydrogens is 281 g/mol. The van der Waals surface area contributed by atoms with E-state index in [1.165, 1.54) is 19.2 Å². The van der Waals surface area contributed by atoms with Crippen molar-refractivity contribution in [3.8, 4) is 6.07 Å². The molecule has 0 unspecified atom stereocenters. The highest BCUT2D eigenvalue weighted by Gasteiger charge is 2.18. The van der Waals surface area contributed by atoms with Crippen LogP contribution in [0.3, 0.4) is 0 Å². The van der Waals surface area contributed by atoms with Crippen LogP contribution in [0.15, 0.2) is 18.3 Å². The Bertz CT molecular complexity index is 749. The SMILES string of the molecule is Cc1c(NC=C(C#N)c2nn[nH]n2)ccc([N+](=O)[O-])c1F. The third kappa shape index (κ3) is 2.81. The number of nitro benzene ring substituents is 1. The van der Waals surface area contributed by atoms with Gasteiger partial charge in [-0.1, -0.05) is 0 Å². The Morgan fingerprint density at radius 1 is 1.62 bits per heavy atom. The van der Waals surface area contributed by atoms with Crippen molar-refractivity contribution >= 4 is 16.9 Å². The van der Waals surface area contributed by atoms with Crippen LogP contribution in [0.1, 0.15) is 11.4 Å². The minimum Gasteiger partial charge on any atom is -0.360 e. The molecule has 0 bridgehead atoms. The summed E-state index contributed by atoms with van der Waals surface area (Å²) >= 11 is 0. The predicted molar refractivity (Wildman–Crippen MR) is 69.2 cm³/mol. The second kappa shape index (κ2) is 5.74. The molecule has 0 atom stereocenters. The number of hydrogen-bond acceptors (Lipinski definition) is 7. The third-order valence-electron chi connectivity index (χ3n) is 2.64. The molecule has 106 valence electrons. The Kier molecular flexibility index (Phi) is 3.85. The van der Waals surface area contributed by atoms with E-state index in [9.17, 15) is 14.5 Å². The van der Waals surface area contributed by atoms with Gasteiger partial charge in [-0.3, -0.25) is 10.1 Å². The van der Waals surface area contributed by atoms with E-state index in [2.05, 4.69) is 25.9 Å². The smallest absolute Gasteiger partial charge is 0.305 e. The van der Waals surface area contributed by atoms with E-state index in [-0.39, 0.29) is 22.6 Å². The van der Waals surface area contributed by atoms with Crippen molar-refractivity contribution in [1.29, 1.82) is 5.26 Å². The molecule has 0 aliphatic carbocycles. The maximum atomic E-state index is 13.8. The van der Waals surface area contributed by atoms with E-state index in [0.29, 0.717) is 0 Å².